The first-order valence-electron chi connectivity index (χ1n) is 4.98. The van der Waals surface area contributed by atoms with Gasteiger partial charge in [-0.1, -0.05) is 36.2 Å². The van der Waals surface area contributed by atoms with Gasteiger partial charge in [0, 0.05) is 0 Å². The molecule has 0 amide bonds. The van der Waals surface area contributed by atoms with Crippen molar-refractivity contribution < 1.29 is 18.3 Å². The molecule has 18 heavy (non-hydrogen) atoms. The van der Waals surface area contributed by atoms with Crippen LogP contribution in [0.1, 0.15) is 13.3 Å². The van der Waals surface area contributed by atoms with Crippen LogP contribution in [0.25, 0.3) is 0 Å². The molecule has 0 unspecified atom stereocenters. The number of rotatable bonds is 5. The Bertz CT molecular complexity index is 539. The molecule has 0 aliphatic carbocycles. The van der Waals surface area contributed by atoms with Gasteiger partial charge in [-0.3, -0.25) is 4.79 Å². The Morgan fingerprint density at radius 2 is 1.89 bits per heavy atom. The van der Waals surface area contributed by atoms with Gasteiger partial charge < -0.3 is 5.11 Å². The minimum absolute atomic E-state index is 0.0600. The number of carbonyl (C=O) groups is 1. The molecule has 0 spiro atoms. The van der Waals surface area contributed by atoms with E-state index < -0.39 is 22.0 Å². The fourth-order valence-corrected chi connectivity index (χ4v) is 3.71. The summed E-state index contributed by atoms with van der Waals surface area (Å²) in [5.41, 5.74) is 0. The van der Waals surface area contributed by atoms with Gasteiger partial charge in [0.1, 0.15) is 10.9 Å². The van der Waals surface area contributed by atoms with Crippen molar-refractivity contribution >= 4 is 39.2 Å². The highest BCUT2D eigenvalue weighted by Gasteiger charge is 2.27. The van der Waals surface area contributed by atoms with Crippen molar-refractivity contribution in [3.8, 4) is 0 Å². The molecule has 1 rings (SSSR count). The third kappa shape index (κ3) is 3.35. The van der Waals surface area contributed by atoms with Gasteiger partial charge in [-0.25, -0.2) is 8.42 Å². The Kier molecular flexibility index (Phi) is 4.98. The molecule has 0 heterocycles. The lowest BCUT2D eigenvalue weighted by Crippen LogP contribution is -2.40. The van der Waals surface area contributed by atoms with E-state index in [1.165, 1.54) is 18.2 Å². The van der Waals surface area contributed by atoms with Gasteiger partial charge >= 0.3 is 5.97 Å². The van der Waals surface area contributed by atoms with E-state index >= 15 is 0 Å². The second-order valence-electron chi connectivity index (χ2n) is 3.47. The lowest BCUT2D eigenvalue weighted by atomic mass is 10.2. The highest BCUT2D eigenvalue weighted by Crippen LogP contribution is 2.28. The number of carboxylic acids is 1. The number of sulfonamides is 1. The summed E-state index contributed by atoms with van der Waals surface area (Å²) >= 11 is 11.5. The number of aliphatic carboxylic acids is 1. The first-order valence-corrected chi connectivity index (χ1v) is 7.22. The minimum Gasteiger partial charge on any atom is -0.480 e. The molecule has 2 N–H and O–H groups in total. The molecule has 5 nitrogen and oxygen atoms in total. The van der Waals surface area contributed by atoms with Gasteiger partial charge in [-0.2, -0.15) is 4.72 Å². The maximum atomic E-state index is 12.0. The maximum absolute atomic E-state index is 12.0. The molecule has 0 fully saturated rings. The standard InChI is InChI=1S/C10H11Cl2NO4S/c1-2-8(10(14)15)13-18(16,17)9-6(11)4-3-5-7(9)12/h3-5,8,13H,2H2,1H3,(H,14,15)/t8-/m0/s1. The molecule has 8 heteroatoms. The van der Waals surface area contributed by atoms with Crippen LogP contribution in [0.2, 0.25) is 10.0 Å². The van der Waals surface area contributed by atoms with Gasteiger partial charge in [-0.15, -0.1) is 0 Å². The molecule has 0 saturated carbocycles. The molecular weight excluding hydrogens is 301 g/mol. The van der Waals surface area contributed by atoms with Crippen LogP contribution in [0.5, 0.6) is 0 Å². The highest BCUT2D eigenvalue weighted by molar-refractivity contribution is 7.89. The van der Waals surface area contributed by atoms with E-state index in [0.29, 0.717) is 0 Å². The van der Waals surface area contributed by atoms with Crippen LogP contribution in [-0.4, -0.2) is 25.5 Å². The largest absolute Gasteiger partial charge is 0.480 e. The van der Waals surface area contributed by atoms with E-state index in [1.54, 1.807) is 6.92 Å². The summed E-state index contributed by atoms with van der Waals surface area (Å²) in [4.78, 5) is 10.5. The predicted molar refractivity (Wildman–Crippen MR) is 68.5 cm³/mol. The van der Waals surface area contributed by atoms with Gasteiger partial charge in [-0.05, 0) is 18.6 Å². The van der Waals surface area contributed by atoms with Crippen molar-refractivity contribution in [1.29, 1.82) is 0 Å². The van der Waals surface area contributed by atoms with E-state index in [-0.39, 0.29) is 21.4 Å². The van der Waals surface area contributed by atoms with Crippen molar-refractivity contribution in [3.63, 3.8) is 0 Å². The van der Waals surface area contributed by atoms with Gasteiger partial charge in [0.2, 0.25) is 10.0 Å². The van der Waals surface area contributed by atoms with Crippen molar-refractivity contribution in [2.45, 2.75) is 24.3 Å². The van der Waals surface area contributed by atoms with Crippen LogP contribution in [0, 0.1) is 0 Å². The molecule has 0 bridgehead atoms. The molecule has 0 aliphatic rings. The minimum atomic E-state index is -4.07. The summed E-state index contributed by atoms with van der Waals surface area (Å²) in [6, 6.07) is 3.01. The van der Waals surface area contributed by atoms with Crippen LogP contribution < -0.4 is 4.72 Å². The number of benzene rings is 1. The number of nitrogens with one attached hydrogen (secondary N) is 1. The monoisotopic (exact) mass is 311 g/mol. The van der Waals surface area contributed by atoms with Crippen LogP contribution in [0.3, 0.4) is 0 Å². The number of halogens is 2. The smallest absolute Gasteiger partial charge is 0.321 e. The zero-order chi connectivity index (χ0) is 13.9. The summed E-state index contributed by atoms with van der Waals surface area (Å²) in [5, 5.41) is 8.71. The summed E-state index contributed by atoms with van der Waals surface area (Å²) in [7, 11) is -4.07. The third-order valence-electron chi connectivity index (χ3n) is 2.19. The number of carboxylic acid groups (broad SMARTS) is 1. The highest BCUT2D eigenvalue weighted by atomic mass is 35.5. The topological polar surface area (TPSA) is 83.5 Å². The lowest BCUT2D eigenvalue weighted by molar-refractivity contribution is -0.139. The fraction of sp³-hybridized carbons (Fsp3) is 0.300. The molecule has 0 aromatic heterocycles. The van der Waals surface area contributed by atoms with Gasteiger partial charge in [0.05, 0.1) is 10.0 Å². The summed E-state index contributed by atoms with van der Waals surface area (Å²) in [6.07, 6.45) is 0.108. The van der Waals surface area contributed by atoms with Gasteiger partial charge in [0.15, 0.2) is 0 Å². The molecule has 1 atom stereocenters. The quantitative estimate of drug-likeness (QED) is 0.872. The lowest BCUT2D eigenvalue weighted by Gasteiger charge is -2.14. The zero-order valence-electron chi connectivity index (χ0n) is 9.35. The first kappa shape index (κ1) is 15.2. The van der Waals surface area contributed by atoms with Crippen LogP contribution in [0.4, 0.5) is 0 Å². The summed E-state index contributed by atoms with van der Waals surface area (Å²) in [6.45, 7) is 1.55. The van der Waals surface area contributed by atoms with Crippen LogP contribution in [-0.2, 0) is 14.8 Å². The third-order valence-corrected chi connectivity index (χ3v) is 4.62. The molecular formula is C10H11Cl2NO4S. The summed E-state index contributed by atoms with van der Waals surface area (Å²) in [5.74, 6) is -1.26. The van der Waals surface area contributed by atoms with Gasteiger partial charge in [0.25, 0.3) is 0 Å². The first-order chi connectivity index (χ1) is 8.29. The van der Waals surface area contributed by atoms with Crippen LogP contribution in [0.15, 0.2) is 23.1 Å². The molecule has 1 aromatic rings. The Morgan fingerprint density at radius 1 is 1.39 bits per heavy atom. The van der Waals surface area contributed by atoms with Crippen molar-refractivity contribution in [1.82, 2.24) is 4.72 Å². The normalized spacial score (nSPS) is 13.3. The van der Waals surface area contributed by atoms with E-state index in [9.17, 15) is 13.2 Å². The Balaban J connectivity index is 3.19. The SMILES string of the molecule is CC[C@H](NS(=O)(=O)c1c(Cl)cccc1Cl)C(=O)O. The van der Waals surface area contributed by atoms with E-state index in [1.807, 2.05) is 4.72 Å². The molecule has 0 radical (unpaired) electrons. The van der Waals surface area contributed by atoms with Crippen molar-refractivity contribution in [3.05, 3.63) is 28.2 Å². The van der Waals surface area contributed by atoms with E-state index in [4.69, 9.17) is 28.3 Å². The van der Waals surface area contributed by atoms with Crippen LogP contribution >= 0.6 is 23.2 Å². The average molecular weight is 312 g/mol. The maximum Gasteiger partial charge on any atom is 0.321 e. The zero-order valence-corrected chi connectivity index (χ0v) is 11.7. The Hall–Kier alpha value is -0.820. The van der Waals surface area contributed by atoms with Crippen molar-refractivity contribution in [2.75, 3.05) is 0 Å². The predicted octanol–water partition coefficient (Wildman–Crippen LogP) is 2.13. The average Bonchev–Trinajstić information content (AvgIpc) is 2.25. The fourth-order valence-electron chi connectivity index (χ4n) is 1.29. The van der Waals surface area contributed by atoms with Crippen molar-refractivity contribution in [2.24, 2.45) is 0 Å². The second kappa shape index (κ2) is 5.88. The van der Waals surface area contributed by atoms with E-state index in [2.05, 4.69) is 0 Å². The second-order valence-corrected chi connectivity index (χ2v) is 5.94. The molecule has 1 aromatic carbocycles. The summed E-state index contributed by atoms with van der Waals surface area (Å²) < 4.78 is 26.1. The molecule has 100 valence electrons. The Morgan fingerprint density at radius 3 is 2.28 bits per heavy atom. The molecule has 0 saturated heterocycles. The number of hydrogen-bond acceptors (Lipinski definition) is 3. The Labute approximate surface area is 115 Å². The number of hydrogen-bond donors (Lipinski definition) is 2. The molecule has 0 aliphatic heterocycles. The van der Waals surface area contributed by atoms with E-state index in [0.717, 1.165) is 0 Å².